The Hall–Kier alpha value is -2.69. The number of anilines is 2. The molecule has 2 heterocycles. The molecular weight excluding hydrogens is 796 g/mol. The van der Waals surface area contributed by atoms with Crippen LogP contribution < -0.4 is 21.1 Å². The van der Waals surface area contributed by atoms with Gasteiger partial charge in [-0.3, -0.25) is 0 Å². The number of likely N-dealkylation sites (N-methyl/N-ethyl adjacent to an activating group) is 1. The van der Waals surface area contributed by atoms with Gasteiger partial charge < -0.3 is 44.8 Å². The predicted molar refractivity (Wildman–Crippen MR) is 214 cm³/mol. The molecule has 0 radical (unpaired) electrons. The molecule has 1 aromatic heterocycles. The highest BCUT2D eigenvalue weighted by Crippen LogP contribution is 2.32. The quantitative estimate of drug-likeness (QED) is 0.111. The van der Waals surface area contributed by atoms with Gasteiger partial charge in [-0.2, -0.15) is 17.5 Å². The third-order valence-electron chi connectivity index (χ3n) is 8.38. The molecule has 4 N–H and O–H groups in total. The third kappa shape index (κ3) is 14.8. The zero-order valence-corrected chi connectivity index (χ0v) is 33.9. The monoisotopic (exact) mass is 846 g/mol. The topological polar surface area (TPSA) is 133 Å². The highest BCUT2D eigenvalue weighted by atomic mass is 35.5. The lowest BCUT2D eigenvalue weighted by Gasteiger charge is -2.30. The molecule has 54 heavy (non-hydrogen) atoms. The van der Waals surface area contributed by atoms with Crippen LogP contribution in [0.4, 0.5) is 24.5 Å². The number of ether oxygens (including phenoxy) is 4. The highest BCUT2D eigenvalue weighted by molar-refractivity contribution is 7.89. The average molecular weight is 848 g/mol. The van der Waals surface area contributed by atoms with Gasteiger partial charge in [0, 0.05) is 43.3 Å². The van der Waals surface area contributed by atoms with Gasteiger partial charge in [0.05, 0.1) is 75.1 Å². The Morgan fingerprint density at radius 3 is 2.22 bits per heavy atom. The summed E-state index contributed by atoms with van der Waals surface area (Å²) < 4.78 is 91.4. The van der Waals surface area contributed by atoms with Gasteiger partial charge in [0.25, 0.3) is 0 Å². The van der Waals surface area contributed by atoms with E-state index in [4.69, 9.17) is 24.7 Å². The van der Waals surface area contributed by atoms with E-state index in [1.54, 1.807) is 24.3 Å². The summed E-state index contributed by atoms with van der Waals surface area (Å²) >= 11 is 0. The van der Waals surface area contributed by atoms with Gasteiger partial charge in [-0.05, 0) is 69.2 Å². The molecule has 0 spiro atoms. The zero-order chi connectivity index (χ0) is 36.9. The second-order valence-electron chi connectivity index (χ2n) is 12.2. The molecule has 1 aliphatic rings. The number of alkyl halides is 3. The van der Waals surface area contributed by atoms with Crippen molar-refractivity contribution in [1.29, 1.82) is 0 Å². The molecule has 1 aliphatic heterocycles. The Morgan fingerprint density at radius 1 is 0.944 bits per heavy atom. The van der Waals surface area contributed by atoms with E-state index in [0.29, 0.717) is 56.2 Å². The van der Waals surface area contributed by atoms with Crippen molar-refractivity contribution in [3.63, 3.8) is 0 Å². The molecule has 12 nitrogen and oxygen atoms in total. The number of likely N-dealkylation sites (tertiary alicyclic amines) is 1. The second-order valence-corrected chi connectivity index (χ2v) is 14.2. The van der Waals surface area contributed by atoms with Crippen LogP contribution in [0.5, 0.6) is 5.75 Å². The van der Waals surface area contributed by atoms with E-state index in [1.807, 2.05) is 6.07 Å². The van der Waals surface area contributed by atoms with Crippen molar-refractivity contribution in [2.75, 3.05) is 104 Å². The summed E-state index contributed by atoms with van der Waals surface area (Å²) in [6.45, 7) is 3.56. The first-order valence-electron chi connectivity index (χ1n) is 16.9. The van der Waals surface area contributed by atoms with E-state index in [9.17, 15) is 21.6 Å². The number of nitrogens with two attached hydrogens (primary N) is 1. The maximum Gasteiger partial charge on any atom is 0.406 e. The smallest absolute Gasteiger partial charge is 0.406 e. The van der Waals surface area contributed by atoms with Gasteiger partial charge in [0.1, 0.15) is 12.3 Å². The van der Waals surface area contributed by atoms with Crippen LogP contribution in [0.15, 0.2) is 47.4 Å². The number of nitrogens with zero attached hydrogens (tertiary/aromatic N) is 3. The molecule has 0 amide bonds. The summed E-state index contributed by atoms with van der Waals surface area (Å²) in [6.07, 6.45) is -2.55. The molecule has 0 unspecified atom stereocenters. The number of fused-ring (bicyclic) bond motifs is 1. The van der Waals surface area contributed by atoms with E-state index in [2.05, 4.69) is 34.4 Å². The first-order chi connectivity index (χ1) is 24.4. The number of piperidine rings is 1. The lowest BCUT2D eigenvalue weighted by molar-refractivity contribution is -0.140. The van der Waals surface area contributed by atoms with Crippen LogP contribution >= 0.6 is 37.2 Å². The highest BCUT2D eigenvalue weighted by Gasteiger charge is 2.30. The first-order valence-corrected chi connectivity index (χ1v) is 18.3. The molecule has 3 aromatic rings. The van der Waals surface area contributed by atoms with Gasteiger partial charge >= 0.3 is 6.18 Å². The second kappa shape index (κ2) is 24.1. The number of sulfonamides is 1. The van der Waals surface area contributed by atoms with Crippen LogP contribution in [0.25, 0.3) is 10.9 Å². The number of halogens is 6. The van der Waals surface area contributed by atoms with Gasteiger partial charge in [0.15, 0.2) is 0 Å². The number of benzene rings is 2. The molecule has 306 valence electrons. The molecule has 0 bridgehead atoms. The molecule has 1 fully saturated rings. The van der Waals surface area contributed by atoms with Crippen molar-refractivity contribution < 1.29 is 40.5 Å². The van der Waals surface area contributed by atoms with Crippen LogP contribution in [0.3, 0.4) is 0 Å². The van der Waals surface area contributed by atoms with Gasteiger partial charge in [-0.25, -0.2) is 8.42 Å². The number of hydrogen-bond donors (Lipinski definition) is 3. The molecule has 1 saturated heterocycles. The number of rotatable bonds is 19. The molecular formula is C35H52Cl3F3N6O6S. The molecule has 0 saturated carbocycles. The van der Waals surface area contributed by atoms with Crippen molar-refractivity contribution in [1.82, 2.24) is 13.8 Å². The fourth-order valence-corrected chi connectivity index (χ4v) is 6.78. The Balaban J connectivity index is 0.00000486. The van der Waals surface area contributed by atoms with Crippen molar-refractivity contribution in [2.24, 2.45) is 5.73 Å². The molecule has 0 atom stereocenters. The number of nitrogens with one attached hydrogen (secondary N) is 2. The zero-order valence-electron chi connectivity index (χ0n) is 30.7. The van der Waals surface area contributed by atoms with Crippen LogP contribution in [0, 0.1) is 11.8 Å². The van der Waals surface area contributed by atoms with Crippen LogP contribution in [0.2, 0.25) is 0 Å². The largest absolute Gasteiger partial charge is 0.495 e. The van der Waals surface area contributed by atoms with Crippen molar-refractivity contribution in [3.05, 3.63) is 48.2 Å². The molecule has 0 aliphatic carbocycles. The maximum atomic E-state index is 13.7. The summed E-state index contributed by atoms with van der Waals surface area (Å²) in [6, 6.07) is 11.7. The van der Waals surface area contributed by atoms with Crippen molar-refractivity contribution >= 4 is 69.5 Å². The Morgan fingerprint density at radius 2 is 1.59 bits per heavy atom. The summed E-state index contributed by atoms with van der Waals surface area (Å²) in [4.78, 5) is 2.29. The Labute approximate surface area is 334 Å². The molecule has 2 aromatic carbocycles. The minimum atomic E-state index is -4.44. The summed E-state index contributed by atoms with van der Waals surface area (Å²) in [5.74, 6) is 6.10. The lowest BCUT2D eigenvalue weighted by atomic mass is 10.0. The standard InChI is InChI=1S/C35H49F3N6O6S.3ClH/c1-42-15-11-27(12-16-42)41-31-7-4-8-33-30(31)24-28(44(33)26-35(36,37)38)6-5-14-40-32-10-9-29(25-34(32)47-3)51(45,46)43(2)17-19-49-21-23-50-22-20-48-18-13-39;;;/h4,7-10,24-25,27,40-41H,11-23,26,39H2,1-3H3;3*1H. The minimum absolute atomic E-state index is 0. The van der Waals surface area contributed by atoms with Crippen LogP contribution in [-0.2, 0) is 30.8 Å². The van der Waals surface area contributed by atoms with Gasteiger partial charge in [-0.15, -0.1) is 37.2 Å². The summed E-state index contributed by atoms with van der Waals surface area (Å²) in [7, 11) is 1.10. The number of hydrogen-bond acceptors (Lipinski definition) is 10. The predicted octanol–water partition coefficient (Wildman–Crippen LogP) is 5.08. The summed E-state index contributed by atoms with van der Waals surface area (Å²) in [5.41, 5.74) is 7.31. The number of methoxy groups -OCH3 is 1. The Kier molecular flexibility index (Phi) is 22.0. The van der Waals surface area contributed by atoms with E-state index in [1.165, 1.54) is 35.2 Å². The van der Waals surface area contributed by atoms with Gasteiger partial charge in [-0.1, -0.05) is 12.0 Å². The van der Waals surface area contributed by atoms with E-state index < -0.39 is 22.7 Å². The SMILES string of the molecule is COc1cc(S(=O)(=O)N(C)CCOCCOCCOCCN)ccc1NCC#Cc1cc2c(NC3CCN(C)CC3)cccc2n1CC(F)(F)F.Cl.Cl.Cl. The van der Waals surface area contributed by atoms with E-state index in [-0.39, 0.29) is 79.3 Å². The van der Waals surface area contributed by atoms with Crippen LogP contribution in [0.1, 0.15) is 18.5 Å². The normalized spacial score (nSPS) is 13.7. The van der Waals surface area contributed by atoms with Crippen molar-refractivity contribution in [2.45, 2.75) is 36.5 Å². The maximum absolute atomic E-state index is 13.7. The van der Waals surface area contributed by atoms with E-state index in [0.717, 1.165) is 31.6 Å². The molecule has 19 heteroatoms. The average Bonchev–Trinajstić information content (AvgIpc) is 3.44. The van der Waals surface area contributed by atoms with Gasteiger partial charge in [0.2, 0.25) is 10.0 Å². The first kappa shape index (κ1) is 49.3. The van der Waals surface area contributed by atoms with Crippen LogP contribution in [-0.4, -0.2) is 128 Å². The third-order valence-corrected chi connectivity index (χ3v) is 10.2. The number of aromatic nitrogens is 1. The molecule has 4 rings (SSSR count). The van der Waals surface area contributed by atoms with Crippen molar-refractivity contribution in [3.8, 4) is 17.6 Å². The minimum Gasteiger partial charge on any atom is -0.495 e. The lowest BCUT2D eigenvalue weighted by Crippen LogP contribution is -2.36. The van der Waals surface area contributed by atoms with E-state index >= 15 is 0 Å². The fraction of sp³-hybridized carbons (Fsp3) is 0.543. The summed E-state index contributed by atoms with van der Waals surface area (Å²) in [5, 5.41) is 7.31. The Bertz CT molecular complexity index is 1730. The fourth-order valence-electron chi connectivity index (χ4n) is 5.61.